The van der Waals surface area contributed by atoms with Gasteiger partial charge in [-0.1, -0.05) is 12.1 Å². The van der Waals surface area contributed by atoms with Crippen LogP contribution in [0.2, 0.25) is 0 Å². The van der Waals surface area contributed by atoms with Crippen LogP contribution in [0.4, 0.5) is 5.69 Å². The van der Waals surface area contributed by atoms with Gasteiger partial charge in [-0.05, 0) is 24.6 Å². The maximum Gasteiger partial charge on any atom is 0.226 e. The molecule has 21 heavy (non-hydrogen) atoms. The van der Waals surface area contributed by atoms with Gasteiger partial charge in [0.1, 0.15) is 0 Å². The van der Waals surface area contributed by atoms with Gasteiger partial charge in [-0.2, -0.15) is 0 Å². The molecule has 1 aliphatic heterocycles. The Labute approximate surface area is 125 Å². The summed E-state index contributed by atoms with van der Waals surface area (Å²) in [4.78, 5) is 12.1. The van der Waals surface area contributed by atoms with Crippen LogP contribution < -0.4 is 21.5 Å². The number of hydrazine groups is 1. The van der Waals surface area contributed by atoms with Crippen molar-refractivity contribution in [3.63, 3.8) is 0 Å². The molecule has 1 aromatic rings. The van der Waals surface area contributed by atoms with Crippen LogP contribution in [-0.4, -0.2) is 38.8 Å². The summed E-state index contributed by atoms with van der Waals surface area (Å²) in [6, 6.07) is 8.22. The van der Waals surface area contributed by atoms with Crippen LogP contribution in [-0.2, 0) is 16.1 Å². The Morgan fingerprint density at radius 1 is 1.38 bits per heavy atom. The fraction of sp³-hybridized carbons (Fsp3) is 0.533. The van der Waals surface area contributed by atoms with Crippen LogP contribution in [0.3, 0.4) is 0 Å². The van der Waals surface area contributed by atoms with Gasteiger partial charge in [-0.3, -0.25) is 15.6 Å². The van der Waals surface area contributed by atoms with Crippen molar-refractivity contribution in [1.29, 1.82) is 0 Å². The molecule has 1 fully saturated rings. The van der Waals surface area contributed by atoms with Gasteiger partial charge in [-0.25, -0.2) is 0 Å². The van der Waals surface area contributed by atoms with Crippen LogP contribution in [0.25, 0.3) is 0 Å². The third-order valence-electron chi connectivity index (χ3n) is 3.65. The van der Waals surface area contributed by atoms with E-state index in [0.29, 0.717) is 19.7 Å². The number of ether oxygens (including phenoxy) is 1. The Morgan fingerprint density at radius 3 is 2.76 bits per heavy atom. The molecule has 0 radical (unpaired) electrons. The summed E-state index contributed by atoms with van der Waals surface area (Å²) >= 11 is 0. The summed E-state index contributed by atoms with van der Waals surface area (Å²) in [5.41, 5.74) is 8.20. The van der Waals surface area contributed by atoms with E-state index in [4.69, 9.17) is 4.74 Å². The molecular weight excluding hydrogens is 268 g/mol. The molecule has 2 atom stereocenters. The number of hydrogen-bond donors (Lipinski definition) is 4. The van der Waals surface area contributed by atoms with Gasteiger partial charge in [0.25, 0.3) is 0 Å². The predicted molar refractivity (Wildman–Crippen MR) is 82.7 cm³/mol. The number of nitrogens with one attached hydrogen (secondary N) is 4. The summed E-state index contributed by atoms with van der Waals surface area (Å²) in [6.07, 6.45) is 0. The quantitative estimate of drug-likeness (QED) is 0.550. The van der Waals surface area contributed by atoms with Crippen molar-refractivity contribution >= 4 is 11.6 Å². The SMILES string of the molecule is COCCNc1ccc(CNC(=O)C2CNNC2C)cc1. The molecule has 2 rings (SSSR count). The molecule has 1 saturated heterocycles. The van der Waals surface area contributed by atoms with Crippen LogP contribution >= 0.6 is 0 Å². The van der Waals surface area contributed by atoms with Gasteiger partial charge in [0, 0.05) is 38.5 Å². The fourth-order valence-corrected chi connectivity index (χ4v) is 2.29. The molecule has 1 aliphatic rings. The number of amides is 1. The average molecular weight is 292 g/mol. The predicted octanol–water partition coefficient (Wildman–Crippen LogP) is 0.474. The summed E-state index contributed by atoms with van der Waals surface area (Å²) < 4.78 is 4.99. The van der Waals surface area contributed by atoms with Crippen LogP contribution in [0.5, 0.6) is 0 Å². The van der Waals surface area contributed by atoms with Gasteiger partial charge < -0.3 is 15.4 Å². The lowest BCUT2D eigenvalue weighted by atomic mass is 10.0. The highest BCUT2D eigenvalue weighted by Gasteiger charge is 2.28. The zero-order chi connectivity index (χ0) is 15.1. The molecule has 0 saturated carbocycles. The summed E-state index contributed by atoms with van der Waals surface area (Å²) in [5, 5.41) is 6.24. The largest absolute Gasteiger partial charge is 0.383 e. The Bertz CT molecular complexity index is 449. The maximum atomic E-state index is 12.1. The second-order valence-corrected chi connectivity index (χ2v) is 5.25. The van der Waals surface area contributed by atoms with Crippen molar-refractivity contribution < 1.29 is 9.53 Å². The molecule has 0 aromatic heterocycles. The zero-order valence-corrected chi connectivity index (χ0v) is 12.6. The molecule has 1 amide bonds. The maximum absolute atomic E-state index is 12.1. The normalized spacial score (nSPS) is 21.2. The number of methoxy groups -OCH3 is 1. The van der Waals surface area contributed by atoms with Crippen molar-refractivity contribution in [3.8, 4) is 0 Å². The molecule has 0 aliphatic carbocycles. The minimum absolute atomic E-state index is 0.0139. The van der Waals surface area contributed by atoms with E-state index < -0.39 is 0 Å². The Kier molecular flexibility index (Phi) is 5.98. The van der Waals surface area contributed by atoms with Crippen LogP contribution in [0, 0.1) is 5.92 Å². The van der Waals surface area contributed by atoms with Crippen molar-refractivity contribution in [2.75, 3.05) is 32.1 Å². The smallest absolute Gasteiger partial charge is 0.226 e. The van der Waals surface area contributed by atoms with Gasteiger partial charge in [0.15, 0.2) is 0 Å². The van der Waals surface area contributed by atoms with E-state index in [1.807, 2.05) is 31.2 Å². The number of anilines is 1. The summed E-state index contributed by atoms with van der Waals surface area (Å²) in [6.45, 7) is 4.70. The molecule has 0 bridgehead atoms. The first kappa shape index (κ1) is 15.8. The number of hydrogen-bond acceptors (Lipinski definition) is 5. The molecular formula is C15H24N4O2. The van der Waals surface area contributed by atoms with E-state index in [9.17, 15) is 4.79 Å². The molecule has 116 valence electrons. The first-order valence-electron chi connectivity index (χ1n) is 7.28. The highest BCUT2D eigenvalue weighted by Crippen LogP contribution is 2.10. The number of benzene rings is 1. The van der Waals surface area contributed by atoms with Gasteiger partial charge in [0.05, 0.1) is 12.5 Å². The van der Waals surface area contributed by atoms with E-state index in [-0.39, 0.29) is 17.9 Å². The Balaban J connectivity index is 1.76. The van der Waals surface area contributed by atoms with E-state index in [2.05, 4.69) is 21.5 Å². The average Bonchev–Trinajstić information content (AvgIpc) is 2.92. The molecule has 4 N–H and O–H groups in total. The van der Waals surface area contributed by atoms with E-state index >= 15 is 0 Å². The third kappa shape index (κ3) is 4.70. The number of rotatable bonds is 7. The van der Waals surface area contributed by atoms with Gasteiger partial charge >= 0.3 is 0 Å². The molecule has 6 heteroatoms. The van der Waals surface area contributed by atoms with Crippen molar-refractivity contribution in [3.05, 3.63) is 29.8 Å². The van der Waals surface area contributed by atoms with Crippen LogP contribution in [0.15, 0.2) is 24.3 Å². The minimum atomic E-state index is -0.0139. The topological polar surface area (TPSA) is 74.4 Å². The second-order valence-electron chi connectivity index (χ2n) is 5.25. The van der Waals surface area contributed by atoms with E-state index in [0.717, 1.165) is 17.8 Å². The summed E-state index contributed by atoms with van der Waals surface area (Å²) in [5.74, 6) is 0.0716. The first-order chi connectivity index (χ1) is 10.2. The molecule has 0 spiro atoms. The van der Waals surface area contributed by atoms with Crippen molar-refractivity contribution in [2.45, 2.75) is 19.5 Å². The fourth-order valence-electron chi connectivity index (χ4n) is 2.29. The minimum Gasteiger partial charge on any atom is -0.383 e. The summed E-state index contributed by atoms with van der Waals surface area (Å²) in [7, 11) is 1.68. The van der Waals surface area contributed by atoms with Crippen LogP contribution in [0.1, 0.15) is 12.5 Å². The highest BCUT2D eigenvalue weighted by atomic mass is 16.5. The molecule has 1 heterocycles. The first-order valence-corrected chi connectivity index (χ1v) is 7.28. The lowest BCUT2D eigenvalue weighted by molar-refractivity contribution is -0.124. The third-order valence-corrected chi connectivity index (χ3v) is 3.65. The lowest BCUT2D eigenvalue weighted by Gasteiger charge is -2.14. The van der Waals surface area contributed by atoms with Crippen molar-refractivity contribution in [1.82, 2.24) is 16.2 Å². The van der Waals surface area contributed by atoms with E-state index in [1.165, 1.54) is 0 Å². The van der Waals surface area contributed by atoms with E-state index in [1.54, 1.807) is 7.11 Å². The Morgan fingerprint density at radius 2 is 2.14 bits per heavy atom. The van der Waals surface area contributed by atoms with Gasteiger partial charge in [-0.15, -0.1) is 0 Å². The number of carbonyl (C=O) groups excluding carboxylic acids is 1. The Hall–Kier alpha value is -1.63. The van der Waals surface area contributed by atoms with Gasteiger partial charge in [0.2, 0.25) is 5.91 Å². The lowest BCUT2D eigenvalue weighted by Crippen LogP contribution is -2.37. The second kappa shape index (κ2) is 7.97. The standard InChI is InChI=1S/C15H24N4O2/c1-11-14(10-18-19-11)15(20)17-9-12-3-5-13(6-4-12)16-7-8-21-2/h3-6,11,14,16,18-19H,7-10H2,1-2H3,(H,17,20). The molecule has 1 aromatic carbocycles. The highest BCUT2D eigenvalue weighted by molar-refractivity contribution is 5.79. The zero-order valence-electron chi connectivity index (χ0n) is 12.6. The molecule has 6 nitrogen and oxygen atoms in total. The molecule has 2 unspecified atom stereocenters. The van der Waals surface area contributed by atoms with Crippen molar-refractivity contribution in [2.24, 2.45) is 5.92 Å². The number of carbonyl (C=O) groups is 1. The monoisotopic (exact) mass is 292 g/mol.